The summed E-state index contributed by atoms with van der Waals surface area (Å²) in [6, 6.07) is 15.0. The van der Waals surface area contributed by atoms with Gasteiger partial charge in [0.25, 0.3) is 11.8 Å². The van der Waals surface area contributed by atoms with Crippen LogP contribution in [-0.4, -0.2) is 49.0 Å². The largest absolute Gasteiger partial charge is 0.493 e. The number of aromatic nitrogens is 1. The van der Waals surface area contributed by atoms with Crippen molar-refractivity contribution in [2.45, 2.75) is 19.4 Å². The third-order valence-corrected chi connectivity index (χ3v) is 6.01. The summed E-state index contributed by atoms with van der Waals surface area (Å²) >= 11 is 0. The SMILES string of the molecule is COc1cc2c(cc1OC)CN(CCc1ccc(NC(=O)c3cccnc3C(N)=O)cc1)CC2. The molecule has 0 aliphatic carbocycles. The van der Waals surface area contributed by atoms with E-state index in [1.807, 2.05) is 24.3 Å². The van der Waals surface area contributed by atoms with Crippen molar-refractivity contribution < 1.29 is 19.1 Å². The van der Waals surface area contributed by atoms with E-state index in [1.54, 1.807) is 20.3 Å². The van der Waals surface area contributed by atoms with Crippen molar-refractivity contribution in [3.63, 3.8) is 0 Å². The Morgan fingerprint density at radius 3 is 2.44 bits per heavy atom. The number of nitrogens with zero attached hydrogens (tertiary/aromatic N) is 2. The predicted octanol–water partition coefficient (Wildman–Crippen LogP) is 3.05. The van der Waals surface area contributed by atoms with Crippen LogP contribution in [0.15, 0.2) is 54.7 Å². The van der Waals surface area contributed by atoms with E-state index in [-0.39, 0.29) is 11.3 Å². The van der Waals surface area contributed by atoms with Crippen LogP contribution >= 0.6 is 0 Å². The lowest BCUT2D eigenvalue weighted by Crippen LogP contribution is -2.32. The predicted molar refractivity (Wildman–Crippen MR) is 129 cm³/mol. The van der Waals surface area contributed by atoms with Gasteiger partial charge in [0.1, 0.15) is 5.69 Å². The Kier molecular flexibility index (Phi) is 7.08. The Bertz CT molecular complexity index is 1190. The van der Waals surface area contributed by atoms with E-state index >= 15 is 0 Å². The molecular weight excluding hydrogens is 432 g/mol. The standard InChI is InChI=1S/C26H28N4O4/c1-33-22-14-18-10-13-30(16-19(18)15-23(22)34-2)12-9-17-5-7-20(8-6-17)29-26(32)21-4-3-11-28-24(21)25(27)31/h3-8,11,14-15H,9-10,12-13,16H2,1-2H3,(H2,27,31)(H,29,32). The molecule has 2 aromatic carbocycles. The topological polar surface area (TPSA) is 107 Å². The minimum atomic E-state index is -0.737. The van der Waals surface area contributed by atoms with Crippen LogP contribution < -0.4 is 20.5 Å². The maximum atomic E-state index is 12.6. The van der Waals surface area contributed by atoms with Gasteiger partial charge in [0, 0.05) is 31.5 Å². The molecule has 0 saturated carbocycles. The molecule has 0 atom stereocenters. The van der Waals surface area contributed by atoms with E-state index in [1.165, 1.54) is 29.0 Å². The van der Waals surface area contributed by atoms with Crippen LogP contribution in [0.3, 0.4) is 0 Å². The lowest BCUT2D eigenvalue weighted by molar-refractivity contribution is 0.0972. The second kappa shape index (κ2) is 10.4. The van der Waals surface area contributed by atoms with Gasteiger partial charge >= 0.3 is 0 Å². The quantitative estimate of drug-likeness (QED) is 0.535. The minimum absolute atomic E-state index is 0.0456. The van der Waals surface area contributed by atoms with Gasteiger partial charge in [0.15, 0.2) is 11.5 Å². The van der Waals surface area contributed by atoms with E-state index in [0.29, 0.717) is 5.69 Å². The van der Waals surface area contributed by atoms with Crippen molar-refractivity contribution in [2.24, 2.45) is 5.73 Å². The fraction of sp³-hybridized carbons (Fsp3) is 0.269. The van der Waals surface area contributed by atoms with E-state index in [0.717, 1.165) is 44.0 Å². The Balaban J connectivity index is 1.34. The molecule has 0 bridgehead atoms. The van der Waals surface area contributed by atoms with Gasteiger partial charge < -0.3 is 20.5 Å². The molecule has 1 aliphatic heterocycles. The van der Waals surface area contributed by atoms with E-state index in [4.69, 9.17) is 15.2 Å². The molecule has 1 aliphatic rings. The van der Waals surface area contributed by atoms with Gasteiger partial charge in [-0.3, -0.25) is 19.5 Å². The van der Waals surface area contributed by atoms with Crippen molar-refractivity contribution in [3.8, 4) is 11.5 Å². The number of nitrogens with two attached hydrogens (primary N) is 1. The van der Waals surface area contributed by atoms with Gasteiger partial charge in [-0.15, -0.1) is 0 Å². The molecule has 34 heavy (non-hydrogen) atoms. The summed E-state index contributed by atoms with van der Waals surface area (Å²) in [7, 11) is 3.32. The summed E-state index contributed by atoms with van der Waals surface area (Å²) in [6.07, 6.45) is 3.30. The maximum absolute atomic E-state index is 12.6. The second-order valence-electron chi connectivity index (χ2n) is 8.17. The molecule has 1 aromatic heterocycles. The highest BCUT2D eigenvalue weighted by Crippen LogP contribution is 2.33. The minimum Gasteiger partial charge on any atom is -0.493 e. The van der Waals surface area contributed by atoms with Crippen molar-refractivity contribution in [3.05, 3.63) is 82.7 Å². The Morgan fingerprint density at radius 2 is 1.76 bits per heavy atom. The first-order valence-electron chi connectivity index (χ1n) is 11.1. The zero-order valence-corrected chi connectivity index (χ0v) is 19.3. The molecule has 0 spiro atoms. The molecule has 2 amide bonds. The molecule has 176 valence electrons. The number of carbonyl (C=O) groups excluding carboxylic acids is 2. The number of amides is 2. The zero-order valence-electron chi connectivity index (χ0n) is 19.3. The summed E-state index contributed by atoms with van der Waals surface area (Å²) in [5, 5.41) is 2.80. The molecule has 4 rings (SSSR count). The monoisotopic (exact) mass is 460 g/mol. The smallest absolute Gasteiger partial charge is 0.268 e. The van der Waals surface area contributed by atoms with Crippen LogP contribution in [0.2, 0.25) is 0 Å². The lowest BCUT2D eigenvalue weighted by atomic mass is 9.98. The zero-order chi connectivity index (χ0) is 24.1. The van der Waals surface area contributed by atoms with Crippen LogP contribution in [0, 0.1) is 0 Å². The maximum Gasteiger partial charge on any atom is 0.268 e. The van der Waals surface area contributed by atoms with Crippen molar-refractivity contribution in [1.29, 1.82) is 0 Å². The fourth-order valence-corrected chi connectivity index (χ4v) is 4.16. The number of hydrogen-bond acceptors (Lipinski definition) is 6. The van der Waals surface area contributed by atoms with E-state index in [9.17, 15) is 9.59 Å². The molecule has 0 fully saturated rings. The number of ether oxygens (including phenoxy) is 2. The number of anilines is 1. The van der Waals surface area contributed by atoms with E-state index < -0.39 is 11.8 Å². The van der Waals surface area contributed by atoms with Gasteiger partial charge in [-0.1, -0.05) is 12.1 Å². The molecule has 0 saturated heterocycles. The first-order valence-corrected chi connectivity index (χ1v) is 11.1. The number of rotatable bonds is 8. The fourth-order valence-electron chi connectivity index (χ4n) is 4.16. The molecular formula is C26H28N4O4. The number of nitrogens with one attached hydrogen (secondary N) is 1. The first-order chi connectivity index (χ1) is 16.5. The number of hydrogen-bond donors (Lipinski definition) is 2. The third kappa shape index (κ3) is 5.18. The number of primary amides is 1. The summed E-state index contributed by atoms with van der Waals surface area (Å²) in [4.78, 5) is 30.4. The molecule has 8 heteroatoms. The first kappa shape index (κ1) is 23.3. The van der Waals surface area contributed by atoms with Crippen LogP contribution in [0.1, 0.15) is 37.5 Å². The molecule has 8 nitrogen and oxygen atoms in total. The number of fused-ring (bicyclic) bond motifs is 1. The number of methoxy groups -OCH3 is 2. The Morgan fingerprint density at radius 1 is 1.06 bits per heavy atom. The second-order valence-corrected chi connectivity index (χ2v) is 8.17. The van der Waals surface area contributed by atoms with Crippen LogP contribution in [0.25, 0.3) is 0 Å². The number of benzene rings is 2. The average molecular weight is 461 g/mol. The highest BCUT2D eigenvalue weighted by atomic mass is 16.5. The highest BCUT2D eigenvalue weighted by Gasteiger charge is 2.19. The Hall–Kier alpha value is -3.91. The third-order valence-electron chi connectivity index (χ3n) is 6.01. The number of pyridine rings is 1. The van der Waals surface area contributed by atoms with Gasteiger partial charge in [-0.2, -0.15) is 0 Å². The molecule has 0 radical (unpaired) electrons. The Labute approximate surface area is 198 Å². The molecule has 2 heterocycles. The van der Waals surface area contributed by atoms with Crippen molar-refractivity contribution >= 4 is 17.5 Å². The molecule has 3 N–H and O–H groups in total. The van der Waals surface area contributed by atoms with Gasteiger partial charge in [-0.05, 0) is 65.9 Å². The van der Waals surface area contributed by atoms with Crippen LogP contribution in [0.4, 0.5) is 5.69 Å². The summed E-state index contributed by atoms with van der Waals surface area (Å²) in [6.45, 7) is 2.79. The van der Waals surface area contributed by atoms with E-state index in [2.05, 4.69) is 27.3 Å². The summed E-state index contributed by atoms with van der Waals surface area (Å²) in [5.41, 5.74) is 9.82. The van der Waals surface area contributed by atoms with Crippen LogP contribution in [-0.2, 0) is 19.4 Å². The summed E-state index contributed by atoms with van der Waals surface area (Å²) < 4.78 is 10.9. The normalized spacial score (nSPS) is 13.1. The molecule has 3 aromatic rings. The lowest BCUT2D eigenvalue weighted by Gasteiger charge is -2.29. The van der Waals surface area contributed by atoms with Gasteiger partial charge in [-0.25, -0.2) is 0 Å². The van der Waals surface area contributed by atoms with Crippen molar-refractivity contribution in [2.75, 3.05) is 32.6 Å². The number of carbonyl (C=O) groups is 2. The average Bonchev–Trinajstić information content (AvgIpc) is 2.87. The van der Waals surface area contributed by atoms with Gasteiger partial charge in [0.05, 0.1) is 19.8 Å². The summed E-state index contributed by atoms with van der Waals surface area (Å²) in [5.74, 6) is 0.374. The highest BCUT2D eigenvalue weighted by molar-refractivity contribution is 6.10. The van der Waals surface area contributed by atoms with Gasteiger partial charge in [0.2, 0.25) is 0 Å². The molecule has 0 unspecified atom stereocenters. The van der Waals surface area contributed by atoms with Crippen molar-refractivity contribution in [1.82, 2.24) is 9.88 Å². The van der Waals surface area contributed by atoms with Crippen LogP contribution in [0.5, 0.6) is 11.5 Å².